The van der Waals surface area contributed by atoms with E-state index in [9.17, 15) is 28.6 Å². The van der Waals surface area contributed by atoms with Gasteiger partial charge in [-0.15, -0.1) is 0 Å². The predicted octanol–water partition coefficient (Wildman–Crippen LogP) is 0.770. The first kappa shape index (κ1) is 30.0. The molecule has 0 amide bonds. The van der Waals surface area contributed by atoms with Crippen molar-refractivity contribution in [3.8, 4) is 0 Å². The number of H-pyrrole nitrogens is 2. The summed E-state index contributed by atoms with van der Waals surface area (Å²) in [7, 11) is -4.78. The van der Waals surface area contributed by atoms with Crippen molar-refractivity contribution >= 4 is 7.82 Å². The van der Waals surface area contributed by atoms with Gasteiger partial charge in [0.2, 0.25) is 0 Å². The van der Waals surface area contributed by atoms with Crippen molar-refractivity contribution < 1.29 is 28.0 Å². The van der Waals surface area contributed by atoms with Gasteiger partial charge in [0, 0.05) is 46.2 Å². The normalized spacial score (nSPS) is 27.1. The van der Waals surface area contributed by atoms with Crippen molar-refractivity contribution in [1.82, 2.24) is 19.1 Å². The molecule has 220 valence electrons. The van der Waals surface area contributed by atoms with Gasteiger partial charge in [0.15, 0.2) is 0 Å². The SMILES string of the molecule is Cc1cn([C@@H]2C[C@@H](N=[N+]=[N-])[C@H](COP(=O)(O)OC[C@H]3O[C@@H](n4cc(C)c(=O)[nH]c4=O)C[C@@H]3N=[N+]=[N-])O2)c(=O)[nH]c1=O. The van der Waals surface area contributed by atoms with Crippen LogP contribution in [0.3, 0.4) is 0 Å². The minimum Gasteiger partial charge on any atom is -0.352 e. The second kappa shape index (κ2) is 12.3. The Hall–Kier alpha value is -3.99. The Balaban J connectivity index is 1.40. The molecule has 41 heavy (non-hydrogen) atoms. The third-order valence-electron chi connectivity index (χ3n) is 6.52. The average Bonchev–Trinajstić information content (AvgIpc) is 3.50. The number of nitrogens with zero attached hydrogens (tertiary/aromatic N) is 8. The number of phosphoric ester groups is 1. The van der Waals surface area contributed by atoms with Crippen LogP contribution in [0.2, 0.25) is 0 Å². The van der Waals surface area contributed by atoms with Crippen molar-refractivity contribution in [1.29, 1.82) is 0 Å². The molecule has 4 rings (SSSR count). The van der Waals surface area contributed by atoms with E-state index < -0.39 is 80.3 Å². The minimum absolute atomic E-state index is 0.00874. The van der Waals surface area contributed by atoms with Crippen LogP contribution in [-0.2, 0) is 23.1 Å². The van der Waals surface area contributed by atoms with Gasteiger partial charge in [0.05, 0.1) is 37.5 Å². The number of phosphoric acid groups is 1. The molecule has 2 aliphatic heterocycles. The number of rotatable bonds is 10. The fraction of sp³-hybridized carbons (Fsp3) is 0.600. The Morgan fingerprint density at radius 3 is 1.66 bits per heavy atom. The standard InChI is InChI=1S/C20H25N10O10P/c1-9-5-29(19(33)23-17(9)31)15-3-11(25-27-21)13(39-15)7-37-41(35,36)38-8-14-12(26-28-22)4-16(40-14)30-6-10(2)18(32)24-20(30)34/h5-6,11-16H,3-4,7-8H2,1-2H3,(H,35,36)(H,23,31,33)(H,24,32,34)/t11-,12+,13+,14-,15+,16-. The van der Waals surface area contributed by atoms with Crippen LogP contribution >= 0.6 is 7.82 Å². The number of aromatic amines is 2. The molecule has 7 atom stereocenters. The van der Waals surface area contributed by atoms with Crippen LogP contribution in [0.15, 0.2) is 41.8 Å². The van der Waals surface area contributed by atoms with Gasteiger partial charge in [0.25, 0.3) is 11.1 Å². The van der Waals surface area contributed by atoms with Crippen LogP contribution in [0, 0.1) is 13.8 Å². The summed E-state index contributed by atoms with van der Waals surface area (Å²) in [5.41, 5.74) is 15.6. The molecule has 2 aromatic heterocycles. The number of hydrogen-bond acceptors (Lipinski definition) is 11. The first-order chi connectivity index (χ1) is 19.4. The molecule has 2 aromatic rings. The number of aryl methyl sites for hydroxylation is 2. The third kappa shape index (κ3) is 6.84. The quantitative estimate of drug-likeness (QED) is 0.150. The van der Waals surface area contributed by atoms with Gasteiger partial charge in [-0.3, -0.25) is 37.7 Å². The summed E-state index contributed by atoms with van der Waals surface area (Å²) in [6.07, 6.45) is -1.47. The fourth-order valence-electron chi connectivity index (χ4n) is 4.42. The molecule has 0 spiro atoms. The van der Waals surface area contributed by atoms with Gasteiger partial charge in [-0.2, -0.15) is 0 Å². The summed E-state index contributed by atoms with van der Waals surface area (Å²) in [5.74, 6) is 0. The van der Waals surface area contributed by atoms with E-state index in [2.05, 4.69) is 30.0 Å². The van der Waals surface area contributed by atoms with Gasteiger partial charge in [-0.05, 0) is 24.9 Å². The molecule has 2 fully saturated rings. The lowest BCUT2D eigenvalue weighted by atomic mass is 10.1. The molecular formula is C20H25N10O10P. The van der Waals surface area contributed by atoms with Crippen LogP contribution < -0.4 is 22.5 Å². The summed E-state index contributed by atoms with van der Waals surface area (Å²) in [6, 6.07) is -1.78. The lowest BCUT2D eigenvalue weighted by molar-refractivity contribution is -0.0401. The minimum atomic E-state index is -4.78. The maximum absolute atomic E-state index is 12.6. The molecule has 21 heteroatoms. The Kier molecular flexibility index (Phi) is 8.96. The van der Waals surface area contributed by atoms with Gasteiger partial charge < -0.3 is 14.4 Å². The molecule has 0 aliphatic carbocycles. The molecule has 0 saturated carbocycles. The molecule has 3 N–H and O–H groups in total. The molecule has 0 radical (unpaired) electrons. The second-order valence-electron chi connectivity index (χ2n) is 9.29. The molecule has 4 heterocycles. The van der Waals surface area contributed by atoms with E-state index in [0.29, 0.717) is 0 Å². The summed E-state index contributed by atoms with van der Waals surface area (Å²) in [6.45, 7) is 1.81. The predicted molar refractivity (Wildman–Crippen MR) is 137 cm³/mol. The molecule has 0 bridgehead atoms. The van der Waals surface area contributed by atoms with E-state index in [0.717, 1.165) is 9.13 Å². The fourth-order valence-corrected chi connectivity index (χ4v) is 5.17. The van der Waals surface area contributed by atoms with Crippen LogP contribution in [0.4, 0.5) is 0 Å². The van der Waals surface area contributed by atoms with Gasteiger partial charge in [-0.25, -0.2) is 14.2 Å². The van der Waals surface area contributed by atoms with Crippen molar-refractivity contribution in [2.45, 2.75) is 63.4 Å². The molecule has 2 aliphatic rings. The van der Waals surface area contributed by atoms with Crippen molar-refractivity contribution in [3.63, 3.8) is 0 Å². The van der Waals surface area contributed by atoms with Crippen LogP contribution in [0.1, 0.15) is 36.4 Å². The van der Waals surface area contributed by atoms with Crippen LogP contribution in [0.25, 0.3) is 20.9 Å². The summed E-state index contributed by atoms with van der Waals surface area (Å²) in [4.78, 5) is 67.8. The van der Waals surface area contributed by atoms with Crippen molar-refractivity contribution in [2.75, 3.05) is 13.2 Å². The zero-order valence-corrected chi connectivity index (χ0v) is 22.5. The zero-order valence-electron chi connectivity index (χ0n) is 21.6. The number of nitrogens with one attached hydrogen (secondary N) is 2. The highest BCUT2D eigenvalue weighted by Gasteiger charge is 2.40. The Bertz CT molecular complexity index is 1570. The van der Waals surface area contributed by atoms with Crippen LogP contribution in [-0.4, -0.2) is 61.5 Å². The average molecular weight is 596 g/mol. The molecular weight excluding hydrogens is 571 g/mol. The van der Waals surface area contributed by atoms with Gasteiger partial charge in [0.1, 0.15) is 12.5 Å². The highest BCUT2D eigenvalue weighted by Crippen LogP contribution is 2.45. The van der Waals surface area contributed by atoms with Crippen molar-refractivity contribution in [3.05, 3.63) is 86.1 Å². The van der Waals surface area contributed by atoms with E-state index in [-0.39, 0.29) is 24.0 Å². The van der Waals surface area contributed by atoms with E-state index in [4.69, 9.17) is 29.6 Å². The molecule has 20 nitrogen and oxygen atoms in total. The van der Waals surface area contributed by atoms with E-state index in [1.165, 1.54) is 26.2 Å². The van der Waals surface area contributed by atoms with Crippen molar-refractivity contribution in [2.24, 2.45) is 10.2 Å². The third-order valence-corrected chi connectivity index (χ3v) is 7.48. The van der Waals surface area contributed by atoms with Gasteiger partial charge in [-0.1, -0.05) is 10.2 Å². The molecule has 1 unspecified atom stereocenters. The van der Waals surface area contributed by atoms with E-state index in [1.54, 1.807) is 0 Å². The summed E-state index contributed by atoms with van der Waals surface area (Å²) < 4.78 is 36.4. The first-order valence-corrected chi connectivity index (χ1v) is 13.6. The highest BCUT2D eigenvalue weighted by molar-refractivity contribution is 7.47. The lowest BCUT2D eigenvalue weighted by Crippen LogP contribution is -2.33. The first-order valence-electron chi connectivity index (χ1n) is 12.1. The Labute approximate surface area is 228 Å². The second-order valence-corrected chi connectivity index (χ2v) is 10.7. The number of aromatic nitrogens is 4. The maximum Gasteiger partial charge on any atom is 0.472 e. The van der Waals surface area contributed by atoms with Crippen LogP contribution in [0.5, 0.6) is 0 Å². The smallest absolute Gasteiger partial charge is 0.352 e. The largest absolute Gasteiger partial charge is 0.472 e. The van der Waals surface area contributed by atoms with E-state index in [1.807, 2.05) is 0 Å². The maximum atomic E-state index is 12.6. The topological polar surface area (TPSA) is 281 Å². The lowest BCUT2D eigenvalue weighted by Gasteiger charge is -2.21. The highest BCUT2D eigenvalue weighted by atomic mass is 31.2. The molecule has 0 aromatic carbocycles. The monoisotopic (exact) mass is 596 g/mol. The Morgan fingerprint density at radius 1 is 0.902 bits per heavy atom. The number of ether oxygens (including phenoxy) is 2. The van der Waals surface area contributed by atoms with Gasteiger partial charge >= 0.3 is 19.2 Å². The Morgan fingerprint density at radius 2 is 1.29 bits per heavy atom. The zero-order chi connectivity index (χ0) is 29.9. The van der Waals surface area contributed by atoms with E-state index >= 15 is 0 Å². The summed E-state index contributed by atoms with van der Waals surface area (Å²) in [5, 5.41) is 7.21. The number of hydrogen-bond donors (Lipinski definition) is 3. The molecule has 2 saturated heterocycles. The summed E-state index contributed by atoms with van der Waals surface area (Å²) >= 11 is 0. The number of azide groups is 2.